The predicted octanol–water partition coefficient (Wildman–Crippen LogP) is 0.662. The Morgan fingerprint density at radius 2 is 1.96 bits per heavy atom. The molecule has 0 saturated carbocycles. The highest BCUT2D eigenvalue weighted by atomic mass is 32.2. The van der Waals surface area contributed by atoms with Crippen LogP contribution in [-0.4, -0.2) is 69.7 Å². The molecule has 1 heterocycles. The van der Waals surface area contributed by atoms with Crippen molar-refractivity contribution < 1.29 is 13.2 Å². The van der Waals surface area contributed by atoms with Crippen molar-refractivity contribution in [3.63, 3.8) is 0 Å². The standard InChI is InChI=1S/C17H35N5O3S/c1-5-18-16(20-14-17(2,3)21-26(4,24)25)19-11-9-13-22-12-8-6-7-10-15(22)23/h21H,5-14H2,1-4H3,(H2,18,19,20). The molecule has 0 aromatic carbocycles. The van der Waals surface area contributed by atoms with Crippen molar-refractivity contribution in [1.82, 2.24) is 20.3 Å². The first-order valence-corrected chi connectivity index (χ1v) is 11.3. The van der Waals surface area contributed by atoms with Gasteiger partial charge in [0.2, 0.25) is 15.9 Å². The van der Waals surface area contributed by atoms with Gasteiger partial charge in [-0.05, 0) is 40.0 Å². The lowest BCUT2D eigenvalue weighted by atomic mass is 10.1. The van der Waals surface area contributed by atoms with Crippen molar-refractivity contribution in [2.45, 2.75) is 58.4 Å². The fourth-order valence-electron chi connectivity index (χ4n) is 2.90. The molecular formula is C17H35N5O3S. The summed E-state index contributed by atoms with van der Waals surface area (Å²) in [6.07, 6.45) is 5.88. The van der Waals surface area contributed by atoms with Crippen molar-refractivity contribution >= 4 is 21.9 Å². The largest absolute Gasteiger partial charge is 0.357 e. The Labute approximate surface area is 158 Å². The Morgan fingerprint density at radius 1 is 1.23 bits per heavy atom. The molecule has 9 heteroatoms. The molecule has 1 aliphatic heterocycles. The summed E-state index contributed by atoms with van der Waals surface area (Å²) < 4.78 is 25.4. The number of carbonyl (C=O) groups excluding carboxylic acids is 1. The van der Waals surface area contributed by atoms with E-state index in [1.807, 2.05) is 11.8 Å². The summed E-state index contributed by atoms with van der Waals surface area (Å²) in [4.78, 5) is 18.4. The van der Waals surface area contributed by atoms with Gasteiger partial charge in [0.15, 0.2) is 5.96 Å². The molecule has 1 saturated heterocycles. The predicted molar refractivity (Wildman–Crippen MR) is 106 cm³/mol. The van der Waals surface area contributed by atoms with E-state index in [4.69, 9.17) is 0 Å². The molecule has 26 heavy (non-hydrogen) atoms. The molecule has 0 unspecified atom stereocenters. The molecule has 0 spiro atoms. The minimum absolute atomic E-state index is 0.261. The van der Waals surface area contributed by atoms with Crippen molar-refractivity contribution in [3.8, 4) is 0 Å². The quantitative estimate of drug-likeness (QED) is 0.305. The molecule has 3 N–H and O–H groups in total. The van der Waals surface area contributed by atoms with E-state index in [0.29, 0.717) is 25.5 Å². The minimum atomic E-state index is -3.28. The second kappa shape index (κ2) is 10.7. The second-order valence-corrected chi connectivity index (χ2v) is 9.17. The number of hydrogen-bond acceptors (Lipinski definition) is 4. The van der Waals surface area contributed by atoms with Crippen LogP contribution in [0.1, 0.15) is 52.9 Å². The third-order valence-electron chi connectivity index (χ3n) is 4.01. The Morgan fingerprint density at radius 3 is 2.62 bits per heavy atom. The zero-order chi connectivity index (χ0) is 19.6. The van der Waals surface area contributed by atoms with Gasteiger partial charge in [-0.3, -0.25) is 9.79 Å². The zero-order valence-corrected chi connectivity index (χ0v) is 17.4. The number of likely N-dealkylation sites (tertiary alicyclic amines) is 1. The number of carbonyl (C=O) groups is 1. The lowest BCUT2D eigenvalue weighted by Crippen LogP contribution is -2.47. The van der Waals surface area contributed by atoms with E-state index in [-0.39, 0.29) is 5.91 Å². The summed E-state index contributed by atoms with van der Waals surface area (Å²) in [6, 6.07) is 0. The number of nitrogens with zero attached hydrogens (tertiary/aromatic N) is 2. The van der Waals surface area contributed by atoms with Gasteiger partial charge < -0.3 is 15.5 Å². The van der Waals surface area contributed by atoms with Gasteiger partial charge in [0.1, 0.15) is 0 Å². The minimum Gasteiger partial charge on any atom is -0.357 e. The average molecular weight is 390 g/mol. The van der Waals surface area contributed by atoms with Crippen molar-refractivity contribution in [2.24, 2.45) is 4.99 Å². The molecule has 8 nitrogen and oxygen atoms in total. The highest BCUT2D eigenvalue weighted by molar-refractivity contribution is 7.88. The average Bonchev–Trinajstić information content (AvgIpc) is 2.71. The molecule has 0 atom stereocenters. The van der Waals surface area contributed by atoms with Crippen LogP contribution in [-0.2, 0) is 14.8 Å². The van der Waals surface area contributed by atoms with Gasteiger partial charge in [-0.15, -0.1) is 0 Å². The Kier molecular flexibility index (Phi) is 9.35. The highest BCUT2D eigenvalue weighted by Gasteiger charge is 2.22. The smallest absolute Gasteiger partial charge is 0.222 e. The number of sulfonamides is 1. The van der Waals surface area contributed by atoms with E-state index >= 15 is 0 Å². The zero-order valence-electron chi connectivity index (χ0n) is 16.6. The molecule has 0 bridgehead atoms. The molecule has 1 amide bonds. The van der Waals surface area contributed by atoms with E-state index in [2.05, 4.69) is 20.3 Å². The van der Waals surface area contributed by atoms with Gasteiger partial charge in [0.25, 0.3) is 0 Å². The second-order valence-electron chi connectivity index (χ2n) is 7.43. The topological polar surface area (TPSA) is 103 Å². The molecule has 0 aromatic heterocycles. The van der Waals surface area contributed by atoms with Crippen LogP contribution in [0.15, 0.2) is 4.99 Å². The van der Waals surface area contributed by atoms with Gasteiger partial charge in [0.05, 0.1) is 12.8 Å². The van der Waals surface area contributed by atoms with E-state index in [1.54, 1.807) is 13.8 Å². The number of hydrogen-bond donors (Lipinski definition) is 3. The molecule has 0 radical (unpaired) electrons. The van der Waals surface area contributed by atoms with Crippen LogP contribution in [0.2, 0.25) is 0 Å². The van der Waals surface area contributed by atoms with Gasteiger partial charge in [-0.2, -0.15) is 0 Å². The summed E-state index contributed by atoms with van der Waals surface area (Å²) in [5.74, 6) is 0.912. The van der Waals surface area contributed by atoms with Crippen LogP contribution in [0.3, 0.4) is 0 Å². The summed E-state index contributed by atoms with van der Waals surface area (Å²) in [6.45, 7) is 8.93. The summed E-state index contributed by atoms with van der Waals surface area (Å²) in [5, 5.41) is 6.41. The Balaban J connectivity index is 2.45. The first-order chi connectivity index (χ1) is 12.1. The van der Waals surface area contributed by atoms with Gasteiger partial charge in [-0.1, -0.05) is 6.42 Å². The maximum Gasteiger partial charge on any atom is 0.222 e. The monoisotopic (exact) mass is 389 g/mol. The third kappa shape index (κ3) is 9.96. The van der Waals surface area contributed by atoms with Gasteiger partial charge in [0, 0.05) is 38.1 Å². The summed E-state index contributed by atoms with van der Waals surface area (Å²) in [5.41, 5.74) is -0.658. The maximum absolute atomic E-state index is 12.0. The van der Waals surface area contributed by atoms with E-state index in [0.717, 1.165) is 51.6 Å². The van der Waals surface area contributed by atoms with Gasteiger partial charge in [-0.25, -0.2) is 13.1 Å². The van der Waals surface area contributed by atoms with E-state index in [1.165, 1.54) is 0 Å². The number of amides is 1. The number of rotatable bonds is 9. The van der Waals surface area contributed by atoms with Crippen molar-refractivity contribution in [2.75, 3.05) is 39.0 Å². The first-order valence-electron chi connectivity index (χ1n) is 9.42. The van der Waals surface area contributed by atoms with Crippen LogP contribution in [0.4, 0.5) is 0 Å². The summed E-state index contributed by atoms with van der Waals surface area (Å²) in [7, 11) is -3.28. The van der Waals surface area contributed by atoms with Crippen LogP contribution < -0.4 is 15.4 Å². The Hall–Kier alpha value is -1.35. The SMILES string of the molecule is CCNC(=NCC(C)(C)NS(C)(=O)=O)NCCCN1CCCCCC1=O. The maximum atomic E-state index is 12.0. The van der Waals surface area contributed by atoms with Crippen LogP contribution in [0, 0.1) is 0 Å². The number of guanidine groups is 1. The van der Waals surface area contributed by atoms with Crippen LogP contribution in [0.5, 0.6) is 0 Å². The fourth-order valence-corrected chi connectivity index (χ4v) is 3.97. The van der Waals surface area contributed by atoms with E-state index in [9.17, 15) is 13.2 Å². The third-order valence-corrected chi connectivity index (χ3v) is 4.93. The lowest BCUT2D eigenvalue weighted by molar-refractivity contribution is -0.130. The van der Waals surface area contributed by atoms with Crippen LogP contribution >= 0.6 is 0 Å². The summed E-state index contributed by atoms with van der Waals surface area (Å²) >= 11 is 0. The number of nitrogens with one attached hydrogen (secondary N) is 3. The molecule has 1 fully saturated rings. The molecule has 152 valence electrons. The lowest BCUT2D eigenvalue weighted by Gasteiger charge is -2.24. The molecule has 0 aromatic rings. The van der Waals surface area contributed by atoms with Crippen molar-refractivity contribution in [1.29, 1.82) is 0 Å². The normalized spacial score (nSPS) is 17.2. The molecule has 0 aliphatic carbocycles. The first kappa shape index (κ1) is 22.7. The van der Waals surface area contributed by atoms with E-state index < -0.39 is 15.6 Å². The fraction of sp³-hybridized carbons (Fsp3) is 0.882. The van der Waals surface area contributed by atoms with Crippen LogP contribution in [0.25, 0.3) is 0 Å². The Bertz CT molecular complexity index is 575. The molecule has 1 aliphatic rings. The van der Waals surface area contributed by atoms with Gasteiger partial charge >= 0.3 is 0 Å². The number of aliphatic imine (C=N–C) groups is 1. The molecular weight excluding hydrogens is 354 g/mol. The van der Waals surface area contributed by atoms with Crippen molar-refractivity contribution in [3.05, 3.63) is 0 Å². The highest BCUT2D eigenvalue weighted by Crippen LogP contribution is 2.11. The molecule has 1 rings (SSSR count).